The van der Waals surface area contributed by atoms with Gasteiger partial charge in [0.25, 0.3) is 0 Å². The molecule has 0 saturated carbocycles. The molecule has 0 aromatic carbocycles. The summed E-state index contributed by atoms with van der Waals surface area (Å²) < 4.78 is 1.47. The van der Waals surface area contributed by atoms with Crippen molar-refractivity contribution in [3.05, 3.63) is 18.0 Å². The van der Waals surface area contributed by atoms with E-state index < -0.39 is 5.91 Å². The van der Waals surface area contributed by atoms with Crippen LogP contribution in [0.5, 0.6) is 0 Å². The molecule has 0 saturated heterocycles. The van der Waals surface area contributed by atoms with Gasteiger partial charge in [-0.05, 0) is 6.20 Å². The molecule has 1 aromatic rings. The van der Waals surface area contributed by atoms with Crippen LogP contribution in [0.25, 0.3) is 0 Å². The van der Waals surface area contributed by atoms with Gasteiger partial charge in [0, 0.05) is 27.5 Å². The van der Waals surface area contributed by atoms with Gasteiger partial charge in [0.15, 0.2) is 0 Å². The van der Waals surface area contributed by atoms with Crippen molar-refractivity contribution in [3.8, 4) is 0 Å². The number of hydrogen-bond acceptors (Lipinski definition) is 2. The topological polar surface area (TPSA) is 60.9 Å². The van der Waals surface area contributed by atoms with E-state index in [-0.39, 0.29) is 20.4 Å². The molecule has 0 atom stereocenters. The van der Waals surface area contributed by atoms with Crippen LogP contribution < -0.4 is 5.73 Å². The van der Waals surface area contributed by atoms with E-state index >= 15 is 0 Å². The minimum absolute atomic E-state index is 0. The fourth-order valence-corrected chi connectivity index (χ4v) is 0.496. The van der Waals surface area contributed by atoms with Gasteiger partial charge in [0.2, 0.25) is 0 Å². The van der Waals surface area contributed by atoms with E-state index in [1.165, 1.54) is 10.9 Å². The molecule has 1 heterocycles. The number of aryl methyl sites for hydroxylation is 1. The van der Waals surface area contributed by atoms with E-state index in [1.54, 1.807) is 7.05 Å². The maximum absolute atomic E-state index is 10.4. The van der Waals surface area contributed by atoms with Gasteiger partial charge in [-0.15, -0.1) is 0 Å². The van der Waals surface area contributed by atoms with E-state index in [9.17, 15) is 4.79 Å². The molecule has 0 bridgehead atoms. The Kier molecular flexibility index (Phi) is 3.27. The average Bonchev–Trinajstić information content (AvgIpc) is 2.14. The number of rotatable bonds is 1. The molecule has 55 valence electrons. The van der Waals surface area contributed by atoms with Gasteiger partial charge in [-0.3, -0.25) is 5.10 Å². The predicted octanol–water partition coefficient (Wildman–Crippen LogP) is -0.683. The normalized spacial score (nSPS) is 8.50. The summed E-state index contributed by atoms with van der Waals surface area (Å²) in [4.78, 5) is 10.4. The Morgan fingerprint density at radius 3 is 2.70 bits per heavy atom. The molecule has 1 aromatic heterocycles. The third-order valence-corrected chi connectivity index (χ3v) is 0.910. The first-order valence-electron chi connectivity index (χ1n) is 2.41. The first-order valence-corrected chi connectivity index (χ1v) is 2.41. The molecule has 0 aliphatic carbocycles. The van der Waals surface area contributed by atoms with Gasteiger partial charge >= 0.3 is 0 Å². The second-order valence-corrected chi connectivity index (χ2v) is 1.69. The maximum Gasteiger partial charge on any atom is 0.136 e. The number of nitrogens with zero attached hydrogens (tertiary/aromatic N) is 2. The number of amides is 1. The standard InChI is InChI=1S/C5H6N3O.Re/c1-8-3-4(2-7-8)5(6)9;/h3H,1H3,(H2,6,9);/q-1;. The minimum Gasteiger partial charge on any atom is -0.417 e. The smallest absolute Gasteiger partial charge is 0.136 e. The van der Waals surface area contributed by atoms with E-state index in [2.05, 4.69) is 11.3 Å². The van der Waals surface area contributed by atoms with E-state index in [1.807, 2.05) is 0 Å². The van der Waals surface area contributed by atoms with Crippen molar-refractivity contribution in [2.45, 2.75) is 0 Å². The summed E-state index contributed by atoms with van der Waals surface area (Å²) >= 11 is 0. The quantitative estimate of drug-likeness (QED) is 0.699. The van der Waals surface area contributed by atoms with Crippen LogP contribution in [0.2, 0.25) is 0 Å². The summed E-state index contributed by atoms with van der Waals surface area (Å²) in [6, 6.07) is 0. The molecule has 0 unspecified atom stereocenters. The van der Waals surface area contributed by atoms with Gasteiger partial charge in [-0.25, -0.2) is 0 Å². The number of carbonyl (C=O) groups is 1. The summed E-state index contributed by atoms with van der Waals surface area (Å²) in [6.45, 7) is 0. The molecule has 0 aliphatic rings. The molecular weight excluding hydrogens is 304 g/mol. The number of aromatic nitrogens is 2. The largest absolute Gasteiger partial charge is 0.417 e. The maximum atomic E-state index is 10.4. The number of primary amides is 1. The van der Waals surface area contributed by atoms with Crippen LogP contribution in [-0.4, -0.2) is 15.7 Å². The molecule has 5 heteroatoms. The molecule has 0 fully saturated rings. The summed E-state index contributed by atoms with van der Waals surface area (Å²) in [7, 11) is 1.70. The van der Waals surface area contributed by atoms with Gasteiger partial charge in [-0.1, -0.05) is 11.8 Å². The molecule has 0 spiro atoms. The number of hydrogen-bond donors (Lipinski definition) is 1. The summed E-state index contributed by atoms with van der Waals surface area (Å²) in [5.74, 6) is -0.497. The van der Waals surface area contributed by atoms with Crippen LogP contribution in [0.3, 0.4) is 0 Å². The zero-order chi connectivity index (χ0) is 6.85. The van der Waals surface area contributed by atoms with Crippen molar-refractivity contribution >= 4 is 5.91 Å². The van der Waals surface area contributed by atoms with E-state index in [4.69, 9.17) is 5.73 Å². The Morgan fingerprint density at radius 1 is 1.90 bits per heavy atom. The number of nitrogens with two attached hydrogens (primary N) is 1. The van der Waals surface area contributed by atoms with Crippen molar-refractivity contribution in [2.75, 3.05) is 0 Å². The van der Waals surface area contributed by atoms with Crippen LogP contribution >= 0.6 is 0 Å². The summed E-state index contributed by atoms with van der Waals surface area (Å²) in [5, 5.41) is 3.63. The second kappa shape index (κ2) is 3.50. The Balaban J connectivity index is 0.000000810. The first kappa shape index (κ1) is 9.34. The first-order chi connectivity index (χ1) is 4.20. The van der Waals surface area contributed by atoms with Crippen LogP contribution in [0.1, 0.15) is 10.4 Å². The molecule has 1 amide bonds. The SMILES string of the molecule is Cn1cc(C(N)=O)[c-]n1.[Re]. The van der Waals surface area contributed by atoms with Crippen LogP contribution in [0, 0.1) is 6.20 Å². The van der Waals surface area contributed by atoms with Crippen LogP contribution in [-0.2, 0) is 27.5 Å². The molecule has 10 heavy (non-hydrogen) atoms. The third kappa shape index (κ3) is 1.94. The molecule has 0 aliphatic heterocycles. The zero-order valence-corrected chi connectivity index (χ0v) is 8.05. The minimum atomic E-state index is -0.497. The Bertz CT molecular complexity index is 233. The Hall–Kier alpha value is -0.658. The number of carbonyl (C=O) groups excluding carboxylic acids is 1. The summed E-state index contributed by atoms with van der Waals surface area (Å²) in [5.41, 5.74) is 5.22. The second-order valence-electron chi connectivity index (χ2n) is 1.69. The molecule has 2 N–H and O–H groups in total. The van der Waals surface area contributed by atoms with Crippen molar-refractivity contribution in [1.82, 2.24) is 9.78 Å². The molecule has 4 nitrogen and oxygen atoms in total. The van der Waals surface area contributed by atoms with Gasteiger partial charge < -0.3 is 15.2 Å². The van der Waals surface area contributed by atoms with Crippen molar-refractivity contribution < 1.29 is 25.2 Å². The summed E-state index contributed by atoms with van der Waals surface area (Å²) in [6.07, 6.45) is 3.96. The van der Waals surface area contributed by atoms with E-state index in [0.717, 1.165) is 0 Å². The molecular formula is C5H6N3ORe-. The fraction of sp³-hybridized carbons (Fsp3) is 0.200. The van der Waals surface area contributed by atoms with Gasteiger partial charge in [-0.2, -0.15) is 0 Å². The van der Waals surface area contributed by atoms with Gasteiger partial charge in [0.05, 0.1) is 0 Å². The van der Waals surface area contributed by atoms with Crippen LogP contribution in [0.4, 0.5) is 0 Å². The zero-order valence-electron chi connectivity index (χ0n) is 5.34. The average molecular weight is 310 g/mol. The molecule has 1 radical (unpaired) electrons. The van der Waals surface area contributed by atoms with Crippen molar-refractivity contribution in [3.63, 3.8) is 0 Å². The van der Waals surface area contributed by atoms with Crippen LogP contribution in [0.15, 0.2) is 6.20 Å². The Morgan fingerprint density at radius 2 is 2.50 bits per heavy atom. The van der Waals surface area contributed by atoms with Gasteiger partial charge in [0.1, 0.15) is 5.91 Å². The fourth-order valence-electron chi connectivity index (χ4n) is 0.496. The predicted molar refractivity (Wildman–Crippen MR) is 30.6 cm³/mol. The monoisotopic (exact) mass is 311 g/mol. The Labute approximate surface area is 72.0 Å². The van der Waals surface area contributed by atoms with E-state index in [0.29, 0.717) is 5.56 Å². The van der Waals surface area contributed by atoms with Crippen molar-refractivity contribution in [2.24, 2.45) is 12.8 Å². The molecule has 1 rings (SSSR count). The van der Waals surface area contributed by atoms with Crippen molar-refractivity contribution in [1.29, 1.82) is 0 Å². The third-order valence-electron chi connectivity index (χ3n) is 0.910.